The van der Waals surface area contributed by atoms with E-state index in [2.05, 4.69) is 15.3 Å². The van der Waals surface area contributed by atoms with Crippen LogP contribution >= 0.6 is 23.2 Å². The van der Waals surface area contributed by atoms with Gasteiger partial charge in [0.1, 0.15) is 5.75 Å². The number of hydrogen-bond acceptors (Lipinski definition) is 5. The van der Waals surface area contributed by atoms with Gasteiger partial charge in [-0.05, 0) is 36.7 Å². The SMILES string of the molecule is COc1ccc(Nc2nc(Cl)nc(C)c2N)cc1Cl. The zero-order chi connectivity index (χ0) is 14.0. The summed E-state index contributed by atoms with van der Waals surface area (Å²) in [7, 11) is 1.56. The molecule has 2 rings (SSSR count). The van der Waals surface area contributed by atoms with E-state index in [4.69, 9.17) is 33.7 Å². The third-order valence-corrected chi connectivity index (χ3v) is 2.99. The lowest BCUT2D eigenvalue weighted by molar-refractivity contribution is 0.415. The summed E-state index contributed by atoms with van der Waals surface area (Å²) in [6, 6.07) is 5.26. The highest BCUT2D eigenvalue weighted by Crippen LogP contribution is 2.30. The van der Waals surface area contributed by atoms with E-state index in [-0.39, 0.29) is 5.28 Å². The lowest BCUT2D eigenvalue weighted by Gasteiger charge is -2.11. The maximum Gasteiger partial charge on any atom is 0.224 e. The molecular weight excluding hydrogens is 287 g/mol. The van der Waals surface area contributed by atoms with Gasteiger partial charge >= 0.3 is 0 Å². The molecule has 0 spiro atoms. The van der Waals surface area contributed by atoms with Gasteiger partial charge in [0.15, 0.2) is 5.82 Å². The quantitative estimate of drug-likeness (QED) is 0.849. The van der Waals surface area contributed by atoms with E-state index < -0.39 is 0 Å². The highest BCUT2D eigenvalue weighted by atomic mass is 35.5. The summed E-state index contributed by atoms with van der Waals surface area (Å²) in [5.74, 6) is 1.04. The minimum Gasteiger partial charge on any atom is -0.495 e. The first-order valence-electron chi connectivity index (χ1n) is 5.41. The number of nitrogens with two attached hydrogens (primary N) is 1. The fourth-order valence-electron chi connectivity index (χ4n) is 1.52. The molecule has 0 amide bonds. The van der Waals surface area contributed by atoms with Gasteiger partial charge in [-0.2, -0.15) is 4.98 Å². The Morgan fingerprint density at radius 2 is 2.00 bits per heavy atom. The van der Waals surface area contributed by atoms with Crippen LogP contribution in [0.4, 0.5) is 17.2 Å². The van der Waals surface area contributed by atoms with Crippen molar-refractivity contribution in [2.24, 2.45) is 0 Å². The molecule has 19 heavy (non-hydrogen) atoms. The van der Waals surface area contributed by atoms with Crippen molar-refractivity contribution in [3.05, 3.63) is 34.2 Å². The second-order valence-corrected chi connectivity index (χ2v) is 4.56. The van der Waals surface area contributed by atoms with Crippen LogP contribution in [0.5, 0.6) is 5.75 Å². The summed E-state index contributed by atoms with van der Waals surface area (Å²) in [4.78, 5) is 8.01. The molecule has 1 aromatic carbocycles. The largest absolute Gasteiger partial charge is 0.495 e. The number of nitrogens with zero attached hydrogens (tertiary/aromatic N) is 2. The molecule has 1 aromatic heterocycles. The molecule has 0 aliphatic rings. The van der Waals surface area contributed by atoms with Crippen LogP contribution in [-0.4, -0.2) is 17.1 Å². The van der Waals surface area contributed by atoms with Crippen LogP contribution < -0.4 is 15.8 Å². The summed E-state index contributed by atoms with van der Waals surface area (Å²) in [5.41, 5.74) is 7.67. The standard InChI is InChI=1S/C12H12Cl2N4O/c1-6-10(15)11(18-12(14)16-6)17-7-3-4-9(19-2)8(13)5-7/h3-5H,15H2,1-2H3,(H,16,17,18). The summed E-state index contributed by atoms with van der Waals surface area (Å²) in [6.45, 7) is 1.76. The second-order valence-electron chi connectivity index (χ2n) is 3.81. The predicted octanol–water partition coefficient (Wildman–Crippen LogP) is 3.43. The Labute approximate surface area is 120 Å². The number of aromatic nitrogens is 2. The summed E-state index contributed by atoms with van der Waals surface area (Å²) in [6.07, 6.45) is 0. The monoisotopic (exact) mass is 298 g/mol. The van der Waals surface area contributed by atoms with Crippen molar-refractivity contribution in [2.45, 2.75) is 6.92 Å². The van der Waals surface area contributed by atoms with Crippen LogP contribution in [0.25, 0.3) is 0 Å². The molecule has 100 valence electrons. The van der Waals surface area contributed by atoms with Crippen molar-refractivity contribution in [3.8, 4) is 5.75 Å². The Hall–Kier alpha value is -1.72. The van der Waals surface area contributed by atoms with Gasteiger partial charge in [-0.3, -0.25) is 0 Å². The minimum absolute atomic E-state index is 0.133. The molecular formula is C12H12Cl2N4O. The molecule has 0 saturated heterocycles. The van der Waals surface area contributed by atoms with Gasteiger partial charge in [0, 0.05) is 5.69 Å². The van der Waals surface area contributed by atoms with Crippen LogP contribution in [0, 0.1) is 6.92 Å². The third kappa shape index (κ3) is 3.00. The fraction of sp³-hybridized carbons (Fsp3) is 0.167. The van der Waals surface area contributed by atoms with Gasteiger partial charge in [0.2, 0.25) is 5.28 Å². The van der Waals surface area contributed by atoms with Crippen LogP contribution in [0.2, 0.25) is 10.3 Å². The van der Waals surface area contributed by atoms with Crippen LogP contribution in [-0.2, 0) is 0 Å². The molecule has 2 aromatic rings. The predicted molar refractivity (Wildman–Crippen MR) is 77.5 cm³/mol. The Morgan fingerprint density at radius 1 is 1.26 bits per heavy atom. The number of nitrogen functional groups attached to an aromatic ring is 1. The van der Waals surface area contributed by atoms with Crippen molar-refractivity contribution in [2.75, 3.05) is 18.2 Å². The number of methoxy groups -OCH3 is 1. The molecule has 0 radical (unpaired) electrons. The molecule has 0 bridgehead atoms. The number of aryl methyl sites for hydroxylation is 1. The van der Waals surface area contributed by atoms with Gasteiger partial charge in [-0.15, -0.1) is 0 Å². The van der Waals surface area contributed by atoms with Crippen molar-refractivity contribution < 1.29 is 4.74 Å². The van der Waals surface area contributed by atoms with E-state index in [0.717, 1.165) is 5.69 Å². The van der Waals surface area contributed by atoms with E-state index in [1.54, 1.807) is 32.2 Å². The van der Waals surface area contributed by atoms with Gasteiger partial charge in [-0.25, -0.2) is 4.98 Å². The van der Waals surface area contributed by atoms with Crippen molar-refractivity contribution in [3.63, 3.8) is 0 Å². The average molecular weight is 299 g/mol. The van der Waals surface area contributed by atoms with Gasteiger partial charge < -0.3 is 15.8 Å². The molecule has 0 aliphatic carbocycles. The molecule has 0 unspecified atom stereocenters. The Bertz CT molecular complexity index is 619. The van der Waals surface area contributed by atoms with Crippen molar-refractivity contribution >= 4 is 40.4 Å². The Kier molecular flexibility index (Phi) is 3.97. The fourth-order valence-corrected chi connectivity index (χ4v) is 1.99. The van der Waals surface area contributed by atoms with E-state index in [0.29, 0.717) is 28.0 Å². The zero-order valence-electron chi connectivity index (χ0n) is 10.4. The van der Waals surface area contributed by atoms with Gasteiger partial charge in [-0.1, -0.05) is 11.6 Å². The zero-order valence-corrected chi connectivity index (χ0v) is 11.9. The summed E-state index contributed by atoms with van der Waals surface area (Å²) in [5, 5.41) is 3.67. The van der Waals surface area contributed by atoms with Gasteiger partial charge in [0.05, 0.1) is 23.5 Å². The lowest BCUT2D eigenvalue weighted by atomic mass is 10.3. The molecule has 7 heteroatoms. The first-order valence-corrected chi connectivity index (χ1v) is 6.17. The maximum atomic E-state index is 6.04. The third-order valence-electron chi connectivity index (χ3n) is 2.52. The number of anilines is 3. The van der Waals surface area contributed by atoms with E-state index >= 15 is 0 Å². The topological polar surface area (TPSA) is 73.1 Å². The number of nitrogens with one attached hydrogen (secondary N) is 1. The lowest BCUT2D eigenvalue weighted by Crippen LogP contribution is -2.03. The van der Waals surface area contributed by atoms with E-state index in [9.17, 15) is 0 Å². The highest BCUT2D eigenvalue weighted by molar-refractivity contribution is 6.32. The van der Waals surface area contributed by atoms with E-state index in [1.165, 1.54) is 0 Å². The smallest absolute Gasteiger partial charge is 0.224 e. The molecule has 0 aliphatic heterocycles. The first-order chi connectivity index (χ1) is 9.01. The van der Waals surface area contributed by atoms with Crippen molar-refractivity contribution in [1.82, 2.24) is 9.97 Å². The second kappa shape index (κ2) is 5.50. The van der Waals surface area contributed by atoms with Crippen LogP contribution in [0.15, 0.2) is 18.2 Å². The summed E-state index contributed by atoms with van der Waals surface area (Å²) >= 11 is 11.8. The number of benzene rings is 1. The molecule has 5 nitrogen and oxygen atoms in total. The maximum absolute atomic E-state index is 6.04. The number of hydrogen-bond donors (Lipinski definition) is 2. The van der Waals surface area contributed by atoms with Gasteiger partial charge in [0.25, 0.3) is 0 Å². The molecule has 0 saturated carbocycles. The molecule has 1 heterocycles. The number of ether oxygens (including phenoxy) is 1. The molecule has 3 N–H and O–H groups in total. The first kappa shape index (κ1) is 13.7. The summed E-state index contributed by atoms with van der Waals surface area (Å²) < 4.78 is 5.08. The number of halogens is 2. The Balaban J connectivity index is 2.33. The molecule has 0 atom stereocenters. The van der Waals surface area contributed by atoms with Crippen LogP contribution in [0.1, 0.15) is 5.69 Å². The Morgan fingerprint density at radius 3 is 2.63 bits per heavy atom. The molecule has 0 fully saturated rings. The normalized spacial score (nSPS) is 10.3. The van der Waals surface area contributed by atoms with Crippen LogP contribution in [0.3, 0.4) is 0 Å². The minimum atomic E-state index is 0.133. The average Bonchev–Trinajstić information content (AvgIpc) is 2.35. The van der Waals surface area contributed by atoms with E-state index in [1.807, 2.05) is 0 Å². The van der Waals surface area contributed by atoms with Crippen molar-refractivity contribution in [1.29, 1.82) is 0 Å². The number of rotatable bonds is 3. The highest BCUT2D eigenvalue weighted by Gasteiger charge is 2.09.